The molecular formula is C18H17N3O4. The smallest absolute Gasteiger partial charge is 0.308 e. The van der Waals surface area contributed by atoms with E-state index in [0.29, 0.717) is 24.8 Å². The number of carbonyl (C=O) groups is 1. The molecule has 0 atom stereocenters. The van der Waals surface area contributed by atoms with Crippen molar-refractivity contribution in [2.24, 2.45) is 0 Å². The van der Waals surface area contributed by atoms with Crippen LogP contribution in [0.4, 0.5) is 0 Å². The molecule has 2 aromatic carbocycles. The molecule has 0 aliphatic rings. The molecule has 0 radical (unpaired) electrons. The molecule has 0 fully saturated rings. The van der Waals surface area contributed by atoms with Crippen LogP contribution < -0.4 is 14.8 Å². The average Bonchev–Trinajstić information content (AvgIpc) is 3.16. The van der Waals surface area contributed by atoms with Gasteiger partial charge in [-0.05, 0) is 36.4 Å². The van der Waals surface area contributed by atoms with Crippen LogP contribution in [-0.2, 0) is 0 Å². The monoisotopic (exact) mass is 339 g/mol. The van der Waals surface area contributed by atoms with Gasteiger partial charge in [-0.2, -0.15) is 0 Å². The van der Waals surface area contributed by atoms with Gasteiger partial charge in [-0.15, -0.1) is 10.2 Å². The minimum absolute atomic E-state index is 0.0803. The van der Waals surface area contributed by atoms with Crippen molar-refractivity contribution in [1.82, 2.24) is 15.5 Å². The van der Waals surface area contributed by atoms with Crippen LogP contribution in [0.5, 0.6) is 11.5 Å². The van der Waals surface area contributed by atoms with Crippen molar-refractivity contribution in [3.63, 3.8) is 0 Å². The minimum Gasteiger partial charge on any atom is -0.497 e. The number of methoxy groups -OCH3 is 1. The number of amides is 1. The molecule has 0 aliphatic carbocycles. The summed E-state index contributed by atoms with van der Waals surface area (Å²) in [7, 11) is 1.60. The Bertz CT molecular complexity index is 816. The normalized spacial score (nSPS) is 10.3. The van der Waals surface area contributed by atoms with Crippen molar-refractivity contribution in [3.8, 4) is 23.0 Å². The molecule has 128 valence electrons. The second-order valence-corrected chi connectivity index (χ2v) is 5.06. The first-order chi connectivity index (χ1) is 12.3. The van der Waals surface area contributed by atoms with E-state index < -0.39 is 5.91 Å². The lowest BCUT2D eigenvalue weighted by atomic mass is 10.2. The number of aromatic nitrogens is 2. The fourth-order valence-electron chi connectivity index (χ4n) is 2.09. The largest absolute Gasteiger partial charge is 0.497 e. The summed E-state index contributed by atoms with van der Waals surface area (Å²) in [5, 5.41) is 10.3. The molecule has 25 heavy (non-hydrogen) atoms. The van der Waals surface area contributed by atoms with Gasteiger partial charge in [-0.1, -0.05) is 18.2 Å². The number of hydrogen-bond donors (Lipinski definition) is 1. The van der Waals surface area contributed by atoms with Gasteiger partial charge in [0.2, 0.25) is 5.89 Å². The summed E-state index contributed by atoms with van der Waals surface area (Å²) in [6, 6.07) is 16.5. The van der Waals surface area contributed by atoms with E-state index in [1.807, 2.05) is 30.3 Å². The van der Waals surface area contributed by atoms with Crippen LogP contribution in [0.3, 0.4) is 0 Å². The van der Waals surface area contributed by atoms with Crippen molar-refractivity contribution in [2.75, 3.05) is 20.3 Å². The van der Waals surface area contributed by atoms with Crippen molar-refractivity contribution < 1.29 is 18.7 Å². The Kier molecular flexibility index (Phi) is 5.26. The summed E-state index contributed by atoms with van der Waals surface area (Å²) in [4.78, 5) is 12.0. The first kappa shape index (κ1) is 16.5. The fourth-order valence-corrected chi connectivity index (χ4v) is 2.09. The Morgan fingerprint density at radius 1 is 1.04 bits per heavy atom. The molecule has 7 nitrogen and oxygen atoms in total. The third-order valence-electron chi connectivity index (χ3n) is 3.36. The minimum atomic E-state index is -0.437. The van der Waals surface area contributed by atoms with Gasteiger partial charge in [0.05, 0.1) is 13.7 Å². The zero-order valence-corrected chi connectivity index (χ0v) is 13.6. The third-order valence-corrected chi connectivity index (χ3v) is 3.36. The van der Waals surface area contributed by atoms with Crippen molar-refractivity contribution in [2.45, 2.75) is 0 Å². The van der Waals surface area contributed by atoms with Crippen molar-refractivity contribution >= 4 is 5.91 Å². The highest BCUT2D eigenvalue weighted by Crippen LogP contribution is 2.17. The van der Waals surface area contributed by atoms with E-state index in [2.05, 4.69) is 15.5 Å². The quantitative estimate of drug-likeness (QED) is 0.666. The number of rotatable bonds is 7. The Hall–Kier alpha value is -3.35. The van der Waals surface area contributed by atoms with Crippen LogP contribution >= 0.6 is 0 Å². The van der Waals surface area contributed by atoms with Crippen LogP contribution in [0, 0.1) is 0 Å². The predicted octanol–water partition coefficient (Wildman–Crippen LogP) is 2.55. The van der Waals surface area contributed by atoms with E-state index in [9.17, 15) is 4.79 Å². The van der Waals surface area contributed by atoms with Crippen LogP contribution in [0.15, 0.2) is 59.0 Å². The van der Waals surface area contributed by atoms with E-state index in [1.165, 1.54) is 0 Å². The van der Waals surface area contributed by atoms with E-state index in [4.69, 9.17) is 13.9 Å². The van der Waals surface area contributed by atoms with Crippen LogP contribution in [0.1, 0.15) is 10.7 Å². The highest BCUT2D eigenvalue weighted by molar-refractivity contribution is 5.89. The number of benzene rings is 2. The molecule has 7 heteroatoms. The molecule has 1 aromatic heterocycles. The number of ether oxygens (including phenoxy) is 2. The van der Waals surface area contributed by atoms with Gasteiger partial charge >= 0.3 is 11.8 Å². The van der Waals surface area contributed by atoms with Crippen molar-refractivity contribution in [3.05, 3.63) is 60.5 Å². The zero-order valence-electron chi connectivity index (χ0n) is 13.6. The van der Waals surface area contributed by atoms with Gasteiger partial charge in [-0.25, -0.2) is 0 Å². The Morgan fingerprint density at radius 2 is 1.76 bits per heavy atom. The molecule has 3 rings (SSSR count). The summed E-state index contributed by atoms with van der Waals surface area (Å²) in [5.74, 6) is 1.24. The number of hydrogen-bond acceptors (Lipinski definition) is 6. The first-order valence-electron chi connectivity index (χ1n) is 7.70. The van der Waals surface area contributed by atoms with Crippen molar-refractivity contribution in [1.29, 1.82) is 0 Å². The van der Waals surface area contributed by atoms with Crippen LogP contribution in [-0.4, -0.2) is 36.4 Å². The lowest BCUT2D eigenvalue weighted by molar-refractivity contribution is 0.0913. The molecule has 0 saturated carbocycles. The standard InChI is InChI=1S/C18H17N3O4/c1-23-14-7-9-15(10-8-14)24-12-11-19-16(22)18-21-20-17(25-18)13-5-3-2-4-6-13/h2-10H,11-12H2,1H3,(H,19,22). The summed E-state index contributed by atoms with van der Waals surface area (Å²) in [6.07, 6.45) is 0. The molecule has 0 bridgehead atoms. The molecule has 0 spiro atoms. The Labute approximate surface area is 144 Å². The lowest BCUT2D eigenvalue weighted by Gasteiger charge is -2.07. The summed E-state index contributed by atoms with van der Waals surface area (Å²) in [5.41, 5.74) is 0.761. The Balaban J connectivity index is 1.47. The maximum Gasteiger partial charge on any atom is 0.308 e. The highest BCUT2D eigenvalue weighted by atomic mass is 16.5. The van der Waals surface area contributed by atoms with Crippen LogP contribution in [0.2, 0.25) is 0 Å². The van der Waals surface area contributed by atoms with Gasteiger partial charge < -0.3 is 19.2 Å². The van der Waals surface area contributed by atoms with Gasteiger partial charge in [0.1, 0.15) is 18.1 Å². The Morgan fingerprint density at radius 3 is 2.48 bits per heavy atom. The topological polar surface area (TPSA) is 86.5 Å². The van der Waals surface area contributed by atoms with Gasteiger partial charge in [0.25, 0.3) is 0 Å². The van der Waals surface area contributed by atoms with E-state index >= 15 is 0 Å². The van der Waals surface area contributed by atoms with E-state index in [0.717, 1.165) is 11.3 Å². The third kappa shape index (κ3) is 4.35. The van der Waals surface area contributed by atoms with Gasteiger partial charge in [0, 0.05) is 5.56 Å². The number of carbonyl (C=O) groups excluding carboxylic acids is 1. The molecule has 3 aromatic rings. The second kappa shape index (κ2) is 7.96. The maximum atomic E-state index is 12.0. The molecular weight excluding hydrogens is 322 g/mol. The molecule has 0 aliphatic heterocycles. The zero-order chi connectivity index (χ0) is 17.5. The highest BCUT2D eigenvalue weighted by Gasteiger charge is 2.15. The molecule has 1 heterocycles. The van der Waals surface area contributed by atoms with Crippen LogP contribution in [0.25, 0.3) is 11.5 Å². The van der Waals surface area contributed by atoms with E-state index in [1.54, 1.807) is 31.4 Å². The van der Waals surface area contributed by atoms with E-state index in [-0.39, 0.29) is 5.89 Å². The average molecular weight is 339 g/mol. The molecule has 1 amide bonds. The molecule has 0 saturated heterocycles. The predicted molar refractivity (Wildman–Crippen MR) is 90.6 cm³/mol. The SMILES string of the molecule is COc1ccc(OCCNC(=O)c2nnc(-c3ccccc3)o2)cc1. The van der Waals surface area contributed by atoms with Gasteiger partial charge in [0.15, 0.2) is 0 Å². The number of nitrogens with zero attached hydrogens (tertiary/aromatic N) is 2. The second-order valence-electron chi connectivity index (χ2n) is 5.06. The fraction of sp³-hybridized carbons (Fsp3) is 0.167. The molecule has 0 unspecified atom stereocenters. The first-order valence-corrected chi connectivity index (χ1v) is 7.70. The summed E-state index contributed by atoms with van der Waals surface area (Å²) < 4.78 is 16.0. The number of nitrogens with one attached hydrogen (secondary N) is 1. The molecule has 1 N–H and O–H groups in total. The van der Waals surface area contributed by atoms with Gasteiger partial charge in [-0.3, -0.25) is 4.79 Å². The summed E-state index contributed by atoms with van der Waals surface area (Å²) in [6.45, 7) is 0.631. The maximum absolute atomic E-state index is 12.0. The lowest BCUT2D eigenvalue weighted by Crippen LogP contribution is -2.28. The summed E-state index contributed by atoms with van der Waals surface area (Å²) >= 11 is 0.